The molecule has 0 saturated heterocycles. The lowest BCUT2D eigenvalue weighted by atomic mass is 9.72. The number of thiophene rings is 1. The van der Waals surface area contributed by atoms with Crippen molar-refractivity contribution in [3.8, 4) is 0 Å². The third-order valence-electron chi connectivity index (χ3n) is 4.95. The maximum atomic E-state index is 12.7. The molecule has 0 fully saturated rings. The summed E-state index contributed by atoms with van der Waals surface area (Å²) in [6.45, 7) is 6.97. The zero-order valence-electron chi connectivity index (χ0n) is 14.8. The average Bonchev–Trinajstić information content (AvgIpc) is 2.97. The van der Waals surface area contributed by atoms with Gasteiger partial charge in [-0.1, -0.05) is 26.8 Å². The van der Waals surface area contributed by atoms with Gasteiger partial charge in [0.05, 0.1) is 5.56 Å². The third kappa shape index (κ3) is 3.70. The predicted octanol–water partition coefficient (Wildman–Crippen LogP) is 5.87. The van der Waals surface area contributed by atoms with Crippen molar-refractivity contribution in [2.45, 2.75) is 44.9 Å². The number of nitrogens with one attached hydrogen (secondary N) is 1. The molecule has 1 aliphatic rings. The first-order valence-electron chi connectivity index (χ1n) is 8.43. The summed E-state index contributed by atoms with van der Waals surface area (Å²) in [6.07, 6.45) is 5.35. The highest BCUT2D eigenvalue weighted by atomic mass is 32.2. The van der Waals surface area contributed by atoms with Crippen LogP contribution in [0.4, 0.5) is 5.69 Å². The van der Waals surface area contributed by atoms with Gasteiger partial charge in [-0.25, -0.2) is 0 Å². The van der Waals surface area contributed by atoms with E-state index in [9.17, 15) is 4.79 Å². The van der Waals surface area contributed by atoms with Crippen LogP contribution in [-0.2, 0) is 12.8 Å². The monoisotopic (exact) mass is 359 g/mol. The molecule has 0 spiro atoms. The fraction of sp³-hybridized carbons (Fsp3) is 0.450. The minimum atomic E-state index is 0.0277. The van der Waals surface area contributed by atoms with Crippen molar-refractivity contribution >= 4 is 34.7 Å². The first-order chi connectivity index (χ1) is 11.4. The lowest BCUT2D eigenvalue weighted by Crippen LogP contribution is -2.27. The van der Waals surface area contributed by atoms with Gasteiger partial charge in [0.2, 0.25) is 0 Å². The van der Waals surface area contributed by atoms with Crippen LogP contribution in [0.2, 0.25) is 0 Å². The topological polar surface area (TPSA) is 29.1 Å². The number of rotatable bonds is 3. The van der Waals surface area contributed by atoms with Crippen LogP contribution >= 0.6 is 23.1 Å². The van der Waals surface area contributed by atoms with Crippen molar-refractivity contribution in [1.82, 2.24) is 0 Å². The van der Waals surface area contributed by atoms with Gasteiger partial charge in [0.25, 0.3) is 5.91 Å². The van der Waals surface area contributed by atoms with E-state index in [0.717, 1.165) is 29.0 Å². The number of amides is 1. The van der Waals surface area contributed by atoms with Gasteiger partial charge in [-0.2, -0.15) is 0 Å². The number of fused-ring (bicyclic) bond motifs is 1. The van der Waals surface area contributed by atoms with Gasteiger partial charge in [-0.05, 0) is 60.6 Å². The maximum Gasteiger partial charge on any atom is 0.256 e. The van der Waals surface area contributed by atoms with Gasteiger partial charge in [-0.3, -0.25) is 4.79 Å². The van der Waals surface area contributed by atoms with Crippen molar-refractivity contribution in [3.05, 3.63) is 45.6 Å². The Hall–Kier alpha value is -1.26. The van der Waals surface area contributed by atoms with E-state index in [1.54, 1.807) is 23.1 Å². The maximum absolute atomic E-state index is 12.7. The van der Waals surface area contributed by atoms with E-state index in [1.165, 1.54) is 16.9 Å². The number of carbonyl (C=O) groups excluding carboxylic acids is 1. The molecular weight excluding hydrogens is 334 g/mol. The van der Waals surface area contributed by atoms with Crippen LogP contribution in [0.15, 0.2) is 34.5 Å². The Morgan fingerprint density at radius 2 is 2.12 bits per heavy atom. The molecule has 1 aromatic heterocycles. The fourth-order valence-electron chi connectivity index (χ4n) is 3.34. The van der Waals surface area contributed by atoms with Gasteiger partial charge in [-0.15, -0.1) is 23.1 Å². The molecule has 1 aliphatic carbocycles. The van der Waals surface area contributed by atoms with Gasteiger partial charge < -0.3 is 5.32 Å². The molecule has 0 bridgehead atoms. The highest BCUT2D eigenvalue weighted by Gasteiger charge is 2.31. The molecule has 0 unspecified atom stereocenters. The summed E-state index contributed by atoms with van der Waals surface area (Å²) >= 11 is 3.44. The average molecular weight is 360 g/mol. The van der Waals surface area contributed by atoms with Gasteiger partial charge in [0.1, 0.15) is 0 Å². The Morgan fingerprint density at radius 3 is 2.83 bits per heavy atom. The molecule has 1 atom stereocenters. The molecule has 4 heteroatoms. The molecule has 24 heavy (non-hydrogen) atoms. The van der Waals surface area contributed by atoms with Crippen molar-refractivity contribution < 1.29 is 4.79 Å². The first kappa shape index (κ1) is 17.6. The zero-order valence-corrected chi connectivity index (χ0v) is 16.4. The molecule has 128 valence electrons. The Kier molecular flexibility index (Phi) is 5.07. The molecule has 0 saturated carbocycles. The summed E-state index contributed by atoms with van der Waals surface area (Å²) in [5, 5.41) is 5.11. The second-order valence-corrected chi connectivity index (χ2v) is 9.39. The van der Waals surface area contributed by atoms with Crippen LogP contribution in [0.25, 0.3) is 0 Å². The summed E-state index contributed by atoms with van der Waals surface area (Å²) in [6, 6.07) is 8.01. The van der Waals surface area contributed by atoms with Crippen LogP contribution in [0.1, 0.15) is 48.0 Å². The number of benzene rings is 1. The van der Waals surface area contributed by atoms with E-state index in [-0.39, 0.29) is 5.91 Å². The molecule has 1 heterocycles. The molecule has 2 aromatic rings. The standard InChI is InChI=1S/C20H25NOS2/c1-20(2,3)13-8-9-16-17(12-24-18(16)10-13)19(22)21-14-6-5-7-15(11-14)23-4/h5-7,11-13H,8-10H2,1-4H3,(H,21,22)/t13-/m1/s1. The van der Waals surface area contributed by atoms with E-state index in [1.807, 2.05) is 29.8 Å². The summed E-state index contributed by atoms with van der Waals surface area (Å²) in [4.78, 5) is 15.3. The van der Waals surface area contributed by atoms with Gasteiger partial charge in [0, 0.05) is 20.8 Å². The van der Waals surface area contributed by atoms with E-state index in [0.29, 0.717) is 11.3 Å². The second-order valence-electron chi connectivity index (χ2n) is 7.54. The van der Waals surface area contributed by atoms with Crippen LogP contribution in [0.3, 0.4) is 0 Å². The lowest BCUT2D eigenvalue weighted by Gasteiger charge is -2.34. The van der Waals surface area contributed by atoms with E-state index in [2.05, 4.69) is 32.2 Å². The number of hydrogen-bond donors (Lipinski definition) is 1. The fourth-order valence-corrected chi connectivity index (χ4v) is 4.96. The SMILES string of the molecule is CSc1cccc(NC(=O)c2csc3c2CC[C@@H](C(C)(C)C)C3)c1. The molecular formula is C20H25NOS2. The third-order valence-corrected chi connectivity index (χ3v) is 6.73. The van der Waals surface area contributed by atoms with Crippen molar-refractivity contribution in [1.29, 1.82) is 0 Å². The van der Waals surface area contributed by atoms with Crippen LogP contribution in [0, 0.1) is 11.3 Å². The minimum absolute atomic E-state index is 0.0277. The second kappa shape index (κ2) is 6.93. The highest BCUT2D eigenvalue weighted by Crippen LogP contribution is 2.40. The number of thioether (sulfide) groups is 1. The van der Waals surface area contributed by atoms with E-state index in [4.69, 9.17) is 0 Å². The van der Waals surface area contributed by atoms with Crippen molar-refractivity contribution in [3.63, 3.8) is 0 Å². The molecule has 2 nitrogen and oxygen atoms in total. The number of carbonyl (C=O) groups is 1. The largest absolute Gasteiger partial charge is 0.322 e. The predicted molar refractivity (Wildman–Crippen MR) is 105 cm³/mol. The molecule has 1 N–H and O–H groups in total. The summed E-state index contributed by atoms with van der Waals surface area (Å²) < 4.78 is 0. The van der Waals surface area contributed by atoms with Crippen LogP contribution in [0.5, 0.6) is 0 Å². The summed E-state index contributed by atoms with van der Waals surface area (Å²) in [5.41, 5.74) is 3.36. The van der Waals surface area contributed by atoms with Crippen LogP contribution in [-0.4, -0.2) is 12.2 Å². The van der Waals surface area contributed by atoms with Gasteiger partial charge in [0.15, 0.2) is 0 Å². The minimum Gasteiger partial charge on any atom is -0.322 e. The first-order valence-corrected chi connectivity index (χ1v) is 10.5. The van der Waals surface area contributed by atoms with E-state index < -0.39 is 0 Å². The normalized spacial score (nSPS) is 17.4. The summed E-state index contributed by atoms with van der Waals surface area (Å²) in [5.74, 6) is 0.734. The van der Waals surface area contributed by atoms with Gasteiger partial charge >= 0.3 is 0 Å². The Labute approximate surface area is 153 Å². The Balaban J connectivity index is 1.77. The quantitative estimate of drug-likeness (QED) is 0.694. The van der Waals surface area contributed by atoms with Crippen molar-refractivity contribution in [2.75, 3.05) is 11.6 Å². The summed E-state index contributed by atoms with van der Waals surface area (Å²) in [7, 11) is 0. The molecule has 1 aromatic carbocycles. The van der Waals surface area contributed by atoms with E-state index >= 15 is 0 Å². The van der Waals surface area contributed by atoms with Crippen molar-refractivity contribution in [2.24, 2.45) is 11.3 Å². The highest BCUT2D eigenvalue weighted by molar-refractivity contribution is 7.98. The molecule has 0 radical (unpaired) electrons. The number of hydrogen-bond acceptors (Lipinski definition) is 3. The molecule has 1 amide bonds. The molecule has 3 rings (SSSR count). The smallest absolute Gasteiger partial charge is 0.256 e. The molecule has 0 aliphatic heterocycles. The zero-order chi connectivity index (χ0) is 17.3. The lowest BCUT2D eigenvalue weighted by molar-refractivity contribution is 0.102. The Morgan fingerprint density at radius 1 is 1.33 bits per heavy atom. The Bertz CT molecular complexity index is 742. The van der Waals surface area contributed by atoms with Crippen LogP contribution < -0.4 is 5.32 Å². The number of anilines is 1.